The van der Waals surface area contributed by atoms with Gasteiger partial charge in [-0.3, -0.25) is 0 Å². The predicted octanol–water partition coefficient (Wildman–Crippen LogP) is 5.22. The number of nitrogens with zero attached hydrogens (tertiary/aromatic N) is 1. The zero-order valence-electron chi connectivity index (χ0n) is 15.9. The average molecular weight is 359 g/mol. The number of aliphatic hydroxyl groups is 1. The van der Waals surface area contributed by atoms with Gasteiger partial charge in [-0.25, -0.2) is 0 Å². The molecule has 0 saturated heterocycles. The largest absolute Gasteiger partial charge is 0.389 e. The fraction of sp³-hybridized carbons (Fsp3) is 0.545. The highest BCUT2D eigenvalue weighted by Gasteiger charge is 2.34. The fourth-order valence-electron chi connectivity index (χ4n) is 4.17. The van der Waals surface area contributed by atoms with Crippen LogP contribution < -0.4 is 4.31 Å². The molecule has 3 heteroatoms. The highest BCUT2D eigenvalue weighted by Crippen LogP contribution is 2.42. The molecule has 1 aliphatic carbocycles. The lowest BCUT2D eigenvalue weighted by Gasteiger charge is -2.25. The van der Waals surface area contributed by atoms with Crippen LogP contribution in [0.2, 0.25) is 0 Å². The average Bonchev–Trinajstić information content (AvgIpc) is 2.99. The van der Waals surface area contributed by atoms with Crippen molar-refractivity contribution in [1.82, 2.24) is 0 Å². The van der Waals surface area contributed by atoms with Crippen molar-refractivity contribution in [2.24, 2.45) is 0 Å². The predicted molar refractivity (Wildman–Crippen MR) is 109 cm³/mol. The highest BCUT2D eigenvalue weighted by molar-refractivity contribution is 7.32. The molecule has 2 unspecified atom stereocenters. The second-order valence-corrected chi connectivity index (χ2v) is 10.1. The lowest BCUT2D eigenvalue weighted by Crippen LogP contribution is -2.31. The first kappa shape index (κ1) is 18.6. The van der Waals surface area contributed by atoms with Gasteiger partial charge in [0.25, 0.3) is 0 Å². The van der Waals surface area contributed by atoms with Crippen LogP contribution in [0.15, 0.2) is 41.8 Å². The third-order valence-corrected chi connectivity index (χ3v) is 7.42. The Kier molecular flexibility index (Phi) is 5.98. The van der Waals surface area contributed by atoms with Gasteiger partial charge in [-0.05, 0) is 31.2 Å². The number of hydrogen-bond donors (Lipinski definition) is 1. The van der Waals surface area contributed by atoms with Crippen molar-refractivity contribution >= 4 is 10.7 Å². The molecule has 25 heavy (non-hydrogen) atoms. The number of hydrogen-bond acceptors (Lipinski definition) is 2. The zero-order chi connectivity index (χ0) is 17.9. The molecule has 0 amide bonds. The quantitative estimate of drug-likeness (QED) is 0.716. The third-order valence-electron chi connectivity index (χ3n) is 5.36. The molecule has 0 aliphatic heterocycles. The van der Waals surface area contributed by atoms with Crippen molar-refractivity contribution in [1.29, 1.82) is 0 Å². The van der Waals surface area contributed by atoms with Crippen LogP contribution in [0, 0.1) is 0 Å². The molecular weight excluding hydrogens is 326 g/mol. The van der Waals surface area contributed by atoms with E-state index in [2.05, 4.69) is 54.1 Å². The second-order valence-electron chi connectivity index (χ2n) is 7.98. The maximum absolute atomic E-state index is 11.2. The summed E-state index contributed by atoms with van der Waals surface area (Å²) in [5.41, 5.74) is 2.04. The molecule has 1 N–H and O–H groups in total. The van der Waals surface area contributed by atoms with Gasteiger partial charge >= 0.3 is 0 Å². The van der Waals surface area contributed by atoms with Crippen LogP contribution >= 0.6 is 10.7 Å². The Hall–Kier alpha value is -1.16. The van der Waals surface area contributed by atoms with E-state index in [4.69, 9.17) is 0 Å². The summed E-state index contributed by atoms with van der Waals surface area (Å²) in [5, 5.41) is 13.5. The second kappa shape index (κ2) is 8.03. The normalized spacial score (nSPS) is 19.2. The molecule has 1 saturated carbocycles. The number of rotatable bonds is 6. The summed E-state index contributed by atoms with van der Waals surface area (Å²) in [7, 11) is 4.33. The lowest BCUT2D eigenvalue weighted by molar-refractivity contribution is 0.0613. The van der Waals surface area contributed by atoms with E-state index in [0.29, 0.717) is 12.3 Å². The van der Waals surface area contributed by atoms with Gasteiger partial charge in [0.05, 0.1) is 22.7 Å². The van der Waals surface area contributed by atoms with E-state index in [1.807, 2.05) is 13.0 Å². The molecule has 1 aromatic heterocycles. The number of benzene rings is 1. The summed E-state index contributed by atoms with van der Waals surface area (Å²) in [5.74, 6) is 0.699. The Morgan fingerprint density at radius 3 is 2.36 bits per heavy atom. The first-order valence-electron chi connectivity index (χ1n) is 9.54. The van der Waals surface area contributed by atoms with E-state index in [1.54, 1.807) is 0 Å². The molecule has 1 aliphatic rings. The van der Waals surface area contributed by atoms with Crippen LogP contribution in [0.5, 0.6) is 0 Å². The first-order valence-corrected chi connectivity index (χ1v) is 10.8. The minimum Gasteiger partial charge on any atom is -0.389 e. The van der Waals surface area contributed by atoms with Gasteiger partial charge < -0.3 is 5.11 Å². The van der Waals surface area contributed by atoms with Gasteiger partial charge in [0, 0.05) is 32.1 Å². The summed E-state index contributed by atoms with van der Waals surface area (Å²) < 4.78 is 2.31. The van der Waals surface area contributed by atoms with Crippen molar-refractivity contribution in [3.8, 4) is 0 Å². The summed E-state index contributed by atoms with van der Waals surface area (Å²) in [6, 6.07) is 12.7. The van der Waals surface area contributed by atoms with Gasteiger partial charge in [0.1, 0.15) is 0 Å². The molecule has 0 bridgehead atoms. The minimum absolute atomic E-state index is 0.0194. The molecule has 2 aromatic rings. The minimum atomic E-state index is -0.704. The van der Waals surface area contributed by atoms with E-state index in [0.717, 1.165) is 6.42 Å². The van der Waals surface area contributed by atoms with Gasteiger partial charge in [-0.2, -0.15) is 0 Å². The first-order chi connectivity index (χ1) is 12.0. The monoisotopic (exact) mass is 358 g/mol. The maximum atomic E-state index is 11.2. The van der Waals surface area contributed by atoms with Crippen LogP contribution in [-0.2, 0) is 12.8 Å². The standard InChI is InChI=1S/C22H32NOS/c1-22(24,16-18-10-6-4-7-11-18)17-21-20(14-15-25(21)23(2)3)19-12-8-5-9-13-19/h4,6-7,10-11,14-15,19,24H,5,8-9,12-13,16-17H2,1-3H3/q+1. The van der Waals surface area contributed by atoms with E-state index >= 15 is 0 Å². The maximum Gasteiger partial charge on any atom is 0.178 e. The summed E-state index contributed by atoms with van der Waals surface area (Å²) in [6.45, 7) is 2.00. The van der Waals surface area contributed by atoms with E-state index < -0.39 is 5.60 Å². The van der Waals surface area contributed by atoms with Crippen LogP contribution in [-0.4, -0.2) is 24.8 Å². The van der Waals surface area contributed by atoms with Gasteiger partial charge in [-0.1, -0.05) is 49.6 Å². The Morgan fingerprint density at radius 1 is 1.04 bits per heavy atom. The van der Waals surface area contributed by atoms with Crippen LogP contribution in [0.1, 0.15) is 60.9 Å². The number of thiophene rings is 1. The molecule has 1 aromatic carbocycles. The molecule has 1 fully saturated rings. The van der Waals surface area contributed by atoms with Crippen molar-refractivity contribution in [2.45, 2.75) is 63.4 Å². The Bertz CT molecular complexity index is 669. The SMILES string of the molecule is CN(C)[s+]1ccc(C2CCCCC2)c1CC(C)(O)Cc1ccccc1. The van der Waals surface area contributed by atoms with Crippen LogP contribution in [0.3, 0.4) is 0 Å². The molecule has 2 nitrogen and oxygen atoms in total. The molecule has 2 atom stereocenters. The highest BCUT2D eigenvalue weighted by atomic mass is 32.2. The Morgan fingerprint density at radius 2 is 1.72 bits per heavy atom. The van der Waals surface area contributed by atoms with Gasteiger partial charge in [-0.15, -0.1) is 4.31 Å². The Balaban J connectivity index is 1.85. The van der Waals surface area contributed by atoms with Crippen molar-refractivity contribution in [3.63, 3.8) is 0 Å². The van der Waals surface area contributed by atoms with E-state index in [-0.39, 0.29) is 10.7 Å². The lowest BCUT2D eigenvalue weighted by atomic mass is 9.82. The molecule has 136 valence electrons. The van der Waals surface area contributed by atoms with Crippen molar-refractivity contribution in [2.75, 3.05) is 18.4 Å². The third kappa shape index (κ3) is 4.72. The Labute approximate surface area is 155 Å². The van der Waals surface area contributed by atoms with E-state index in [9.17, 15) is 5.11 Å². The topological polar surface area (TPSA) is 23.5 Å². The summed E-state index contributed by atoms with van der Waals surface area (Å²) in [4.78, 5) is 1.47. The van der Waals surface area contributed by atoms with Crippen molar-refractivity contribution in [3.05, 3.63) is 57.8 Å². The fourth-order valence-corrected chi connectivity index (χ4v) is 6.23. The van der Waals surface area contributed by atoms with Crippen molar-refractivity contribution < 1.29 is 5.11 Å². The molecule has 3 rings (SSSR count). The summed E-state index contributed by atoms with van der Waals surface area (Å²) >= 11 is 0. The molecule has 1 heterocycles. The smallest absolute Gasteiger partial charge is 0.178 e. The zero-order valence-corrected chi connectivity index (χ0v) is 16.7. The molecule has 0 radical (unpaired) electrons. The van der Waals surface area contributed by atoms with Gasteiger partial charge in [0.2, 0.25) is 0 Å². The molecular formula is C22H32NOS+. The van der Waals surface area contributed by atoms with Gasteiger partial charge in [0.15, 0.2) is 10.3 Å². The van der Waals surface area contributed by atoms with Crippen LogP contribution in [0.25, 0.3) is 0 Å². The summed E-state index contributed by atoms with van der Waals surface area (Å²) in [6.07, 6.45) is 8.19. The van der Waals surface area contributed by atoms with Crippen LogP contribution in [0.4, 0.5) is 0 Å². The van der Waals surface area contributed by atoms with E-state index in [1.165, 1.54) is 48.1 Å². The molecule has 0 spiro atoms.